The van der Waals surface area contributed by atoms with Crippen molar-refractivity contribution in [1.82, 2.24) is 15.3 Å². The average Bonchev–Trinajstić information content (AvgIpc) is 2.34. The second kappa shape index (κ2) is 7.17. The number of nitrogens with zero attached hydrogens (tertiary/aromatic N) is 2. The molecule has 0 bridgehead atoms. The van der Waals surface area contributed by atoms with Crippen molar-refractivity contribution >= 4 is 0 Å². The highest BCUT2D eigenvalue weighted by molar-refractivity contribution is 5.14. The molecule has 1 atom stereocenters. The van der Waals surface area contributed by atoms with Gasteiger partial charge in [-0.3, -0.25) is 0 Å². The van der Waals surface area contributed by atoms with Crippen LogP contribution in [-0.4, -0.2) is 29.7 Å². The summed E-state index contributed by atoms with van der Waals surface area (Å²) in [6.07, 6.45) is 4.57. The van der Waals surface area contributed by atoms with E-state index in [0.717, 1.165) is 25.0 Å². The van der Waals surface area contributed by atoms with E-state index >= 15 is 0 Å². The van der Waals surface area contributed by atoms with Gasteiger partial charge in [0, 0.05) is 24.2 Å². The number of rotatable bonds is 7. The van der Waals surface area contributed by atoms with Gasteiger partial charge in [-0.05, 0) is 19.9 Å². The molecule has 16 heavy (non-hydrogen) atoms. The Morgan fingerprint density at radius 2 is 2.19 bits per heavy atom. The van der Waals surface area contributed by atoms with Gasteiger partial charge < -0.3 is 10.1 Å². The fraction of sp³-hybridized carbons (Fsp3) is 0.667. The summed E-state index contributed by atoms with van der Waals surface area (Å²) in [7, 11) is 1.98. The zero-order valence-electron chi connectivity index (χ0n) is 10.4. The lowest BCUT2D eigenvalue weighted by Crippen LogP contribution is -2.26. The normalized spacial score (nSPS) is 12.4. The van der Waals surface area contributed by atoms with Crippen molar-refractivity contribution in [3.05, 3.63) is 18.1 Å². The molecule has 0 amide bonds. The highest BCUT2D eigenvalue weighted by atomic mass is 16.5. The van der Waals surface area contributed by atoms with Crippen LogP contribution in [0.4, 0.5) is 0 Å². The maximum Gasteiger partial charge on any atom is 0.216 e. The Balaban J connectivity index is 2.59. The number of ether oxygens (including phenoxy) is 1. The SMILES string of the molecule is CCCOc1cc(CC(CC)NC)ncn1. The number of hydrogen-bond acceptors (Lipinski definition) is 4. The molecule has 0 fully saturated rings. The second-order valence-electron chi connectivity index (χ2n) is 3.79. The number of hydrogen-bond donors (Lipinski definition) is 1. The van der Waals surface area contributed by atoms with Gasteiger partial charge in [0.1, 0.15) is 6.33 Å². The highest BCUT2D eigenvalue weighted by Gasteiger charge is 2.06. The summed E-state index contributed by atoms with van der Waals surface area (Å²) < 4.78 is 5.47. The molecule has 0 saturated heterocycles. The molecule has 0 spiro atoms. The summed E-state index contributed by atoms with van der Waals surface area (Å²) in [5.41, 5.74) is 1.03. The molecular formula is C12H21N3O. The van der Waals surface area contributed by atoms with Crippen LogP contribution in [0.15, 0.2) is 12.4 Å². The van der Waals surface area contributed by atoms with E-state index in [1.54, 1.807) is 6.33 Å². The van der Waals surface area contributed by atoms with Crippen LogP contribution in [-0.2, 0) is 6.42 Å². The van der Waals surface area contributed by atoms with Crippen molar-refractivity contribution in [2.75, 3.05) is 13.7 Å². The molecular weight excluding hydrogens is 202 g/mol. The van der Waals surface area contributed by atoms with Gasteiger partial charge in [0.15, 0.2) is 0 Å². The van der Waals surface area contributed by atoms with Crippen LogP contribution in [0.5, 0.6) is 5.88 Å². The smallest absolute Gasteiger partial charge is 0.216 e. The molecule has 0 aliphatic heterocycles. The fourth-order valence-electron chi connectivity index (χ4n) is 1.48. The third-order valence-corrected chi connectivity index (χ3v) is 2.51. The van der Waals surface area contributed by atoms with Crippen molar-refractivity contribution in [1.29, 1.82) is 0 Å². The largest absolute Gasteiger partial charge is 0.478 e. The van der Waals surface area contributed by atoms with Crippen LogP contribution < -0.4 is 10.1 Å². The maximum atomic E-state index is 5.47. The number of nitrogens with one attached hydrogen (secondary N) is 1. The van der Waals surface area contributed by atoms with E-state index in [-0.39, 0.29) is 0 Å². The molecule has 1 N–H and O–H groups in total. The summed E-state index contributed by atoms with van der Waals surface area (Å²) in [6.45, 7) is 4.95. The van der Waals surface area contributed by atoms with Crippen molar-refractivity contribution in [3.63, 3.8) is 0 Å². The Labute approximate surface area is 97.5 Å². The topological polar surface area (TPSA) is 47.0 Å². The summed E-state index contributed by atoms with van der Waals surface area (Å²) >= 11 is 0. The molecule has 1 aromatic rings. The first-order valence-corrected chi connectivity index (χ1v) is 5.91. The lowest BCUT2D eigenvalue weighted by atomic mass is 10.1. The molecule has 4 heteroatoms. The minimum Gasteiger partial charge on any atom is -0.478 e. The summed E-state index contributed by atoms with van der Waals surface area (Å²) in [5.74, 6) is 0.679. The standard InChI is InChI=1S/C12H21N3O/c1-4-6-16-12-8-11(14-9-15-12)7-10(5-2)13-3/h8-10,13H,4-7H2,1-3H3. The average molecular weight is 223 g/mol. The van der Waals surface area contributed by atoms with E-state index in [2.05, 4.69) is 29.1 Å². The monoisotopic (exact) mass is 223 g/mol. The van der Waals surface area contributed by atoms with Gasteiger partial charge in [-0.1, -0.05) is 13.8 Å². The van der Waals surface area contributed by atoms with Crippen molar-refractivity contribution in [3.8, 4) is 5.88 Å². The molecule has 4 nitrogen and oxygen atoms in total. The Bertz CT molecular complexity index is 300. The van der Waals surface area contributed by atoms with E-state index in [1.807, 2.05) is 13.1 Å². The molecule has 1 unspecified atom stereocenters. The molecule has 0 saturated carbocycles. The molecule has 1 heterocycles. The minimum absolute atomic E-state index is 0.467. The number of likely N-dealkylation sites (N-methyl/N-ethyl adjacent to an activating group) is 1. The van der Waals surface area contributed by atoms with Gasteiger partial charge in [-0.15, -0.1) is 0 Å². The van der Waals surface area contributed by atoms with E-state index in [0.29, 0.717) is 18.5 Å². The molecule has 0 aliphatic carbocycles. The van der Waals surface area contributed by atoms with Crippen LogP contribution in [0, 0.1) is 0 Å². The molecule has 0 aromatic carbocycles. The zero-order valence-corrected chi connectivity index (χ0v) is 10.4. The number of aromatic nitrogens is 2. The lowest BCUT2D eigenvalue weighted by Gasteiger charge is -2.13. The molecule has 1 rings (SSSR count). The van der Waals surface area contributed by atoms with E-state index < -0.39 is 0 Å². The predicted molar refractivity (Wildman–Crippen MR) is 64.7 cm³/mol. The Morgan fingerprint density at radius 1 is 1.38 bits per heavy atom. The van der Waals surface area contributed by atoms with Crippen molar-refractivity contribution in [2.45, 2.75) is 39.2 Å². The van der Waals surface area contributed by atoms with Gasteiger partial charge in [-0.25, -0.2) is 9.97 Å². The quantitative estimate of drug-likeness (QED) is 0.765. The first kappa shape index (κ1) is 12.9. The summed E-state index contributed by atoms with van der Waals surface area (Å²) in [4.78, 5) is 8.33. The molecule has 1 aromatic heterocycles. The summed E-state index contributed by atoms with van der Waals surface area (Å²) in [6, 6.07) is 2.39. The highest BCUT2D eigenvalue weighted by Crippen LogP contribution is 2.09. The van der Waals surface area contributed by atoms with Crippen LogP contribution in [0.25, 0.3) is 0 Å². The molecule has 0 aliphatic rings. The zero-order chi connectivity index (χ0) is 11.8. The van der Waals surface area contributed by atoms with Crippen LogP contribution in [0.2, 0.25) is 0 Å². The van der Waals surface area contributed by atoms with E-state index in [4.69, 9.17) is 4.74 Å². The third kappa shape index (κ3) is 4.14. The predicted octanol–water partition coefficient (Wildman–Crippen LogP) is 1.81. The van der Waals surface area contributed by atoms with Gasteiger partial charge >= 0.3 is 0 Å². The van der Waals surface area contributed by atoms with Crippen LogP contribution >= 0.6 is 0 Å². The van der Waals surface area contributed by atoms with E-state index in [1.165, 1.54) is 0 Å². The first-order valence-electron chi connectivity index (χ1n) is 5.91. The fourth-order valence-corrected chi connectivity index (χ4v) is 1.48. The second-order valence-corrected chi connectivity index (χ2v) is 3.79. The van der Waals surface area contributed by atoms with Gasteiger partial charge in [0.2, 0.25) is 5.88 Å². The van der Waals surface area contributed by atoms with Crippen LogP contribution in [0.1, 0.15) is 32.4 Å². The minimum atomic E-state index is 0.467. The lowest BCUT2D eigenvalue weighted by molar-refractivity contribution is 0.304. The van der Waals surface area contributed by atoms with Gasteiger partial charge in [-0.2, -0.15) is 0 Å². The third-order valence-electron chi connectivity index (χ3n) is 2.51. The van der Waals surface area contributed by atoms with E-state index in [9.17, 15) is 0 Å². The Morgan fingerprint density at radius 3 is 2.81 bits per heavy atom. The van der Waals surface area contributed by atoms with Crippen molar-refractivity contribution < 1.29 is 4.74 Å². The maximum absolute atomic E-state index is 5.47. The Hall–Kier alpha value is -1.16. The summed E-state index contributed by atoms with van der Waals surface area (Å²) in [5, 5.41) is 3.26. The van der Waals surface area contributed by atoms with Gasteiger partial charge in [0.05, 0.1) is 6.61 Å². The Kier molecular flexibility index (Phi) is 5.78. The van der Waals surface area contributed by atoms with Gasteiger partial charge in [0.25, 0.3) is 0 Å². The van der Waals surface area contributed by atoms with Crippen LogP contribution in [0.3, 0.4) is 0 Å². The molecule has 90 valence electrons. The van der Waals surface area contributed by atoms with Crippen molar-refractivity contribution in [2.24, 2.45) is 0 Å². The molecule has 0 radical (unpaired) electrons. The first-order chi connectivity index (χ1) is 7.80.